The van der Waals surface area contributed by atoms with Gasteiger partial charge in [0.2, 0.25) is 5.88 Å². The summed E-state index contributed by atoms with van der Waals surface area (Å²) in [4.78, 5) is 3.92. The lowest BCUT2D eigenvalue weighted by Crippen LogP contribution is -2.61. The number of furan rings is 1. The Morgan fingerprint density at radius 2 is 1.33 bits per heavy atom. The predicted octanol–water partition coefficient (Wildman–Crippen LogP) is 9.66. The highest BCUT2D eigenvalue weighted by Crippen LogP contribution is 2.47. The van der Waals surface area contributed by atoms with Crippen LogP contribution in [0.4, 0.5) is 34.3 Å². The van der Waals surface area contributed by atoms with Gasteiger partial charge in [0.1, 0.15) is 5.58 Å². The van der Waals surface area contributed by atoms with Gasteiger partial charge in [0.05, 0.1) is 0 Å². The van der Waals surface area contributed by atoms with E-state index in [0.717, 1.165) is 55.4 Å². The lowest BCUT2D eigenvalue weighted by molar-refractivity contribution is 0.591. The summed E-state index contributed by atoms with van der Waals surface area (Å²) in [6, 6.07) is 26.5. The highest BCUT2D eigenvalue weighted by Gasteiger charge is 2.46. The van der Waals surface area contributed by atoms with Crippen molar-refractivity contribution in [3.8, 4) is 0 Å². The summed E-state index contributed by atoms with van der Waals surface area (Å²) in [5.41, 5.74) is 10.3. The molecule has 3 nitrogen and oxygen atoms in total. The standard InChI is InChI=1S/C42H41BN2O/c1-24-10-17-38-33(18-24)39-41(46-38)45(32-15-12-27(4)29(6)22-32)37-20-25(2)19-36-40(37)43(39)34-23-30(42(7,8)9)13-16-35(34)44(36)31-14-11-26(3)28(5)21-31/h10-23H,1-9H3/i2D3,4D3,6D3. The molecule has 0 atom stereocenters. The van der Waals surface area contributed by atoms with Crippen LogP contribution in [-0.4, -0.2) is 6.71 Å². The van der Waals surface area contributed by atoms with Crippen molar-refractivity contribution < 1.29 is 16.8 Å². The maximum Gasteiger partial charge on any atom is 0.257 e. The first kappa shape index (κ1) is 20.4. The molecular weight excluding hydrogens is 559 g/mol. The average molecular weight is 610 g/mol. The van der Waals surface area contributed by atoms with E-state index in [1.54, 1.807) is 23.1 Å². The number of benzene rings is 5. The number of nitrogens with zero attached hydrogens (tertiary/aromatic N) is 2. The average Bonchev–Trinajstić information content (AvgIpc) is 3.45. The molecule has 4 heteroatoms. The van der Waals surface area contributed by atoms with Gasteiger partial charge in [0.25, 0.3) is 6.71 Å². The van der Waals surface area contributed by atoms with E-state index in [1.807, 2.05) is 19.1 Å². The molecule has 6 aromatic rings. The first-order chi connectivity index (χ1) is 25.5. The van der Waals surface area contributed by atoms with E-state index in [2.05, 4.69) is 82.0 Å². The van der Waals surface area contributed by atoms with E-state index in [-0.39, 0.29) is 22.1 Å². The molecule has 0 amide bonds. The second-order valence-electron chi connectivity index (χ2n) is 13.9. The fourth-order valence-electron chi connectivity index (χ4n) is 7.17. The van der Waals surface area contributed by atoms with Crippen molar-refractivity contribution in [1.29, 1.82) is 0 Å². The minimum atomic E-state index is -2.76. The van der Waals surface area contributed by atoms with Gasteiger partial charge < -0.3 is 9.32 Å². The predicted molar refractivity (Wildman–Crippen MR) is 197 cm³/mol. The summed E-state index contributed by atoms with van der Waals surface area (Å²) >= 11 is 0. The maximum atomic E-state index is 8.68. The Kier molecular flexibility index (Phi) is 4.40. The zero-order valence-electron chi connectivity index (χ0n) is 36.0. The number of anilines is 6. The second-order valence-corrected chi connectivity index (χ2v) is 13.9. The Balaban J connectivity index is 1.56. The van der Waals surface area contributed by atoms with Crippen LogP contribution in [0.5, 0.6) is 0 Å². The molecule has 228 valence electrons. The quantitative estimate of drug-likeness (QED) is 0.182. The highest BCUT2D eigenvalue weighted by molar-refractivity contribution is 7.01. The third-order valence-electron chi connectivity index (χ3n) is 9.72. The smallest absolute Gasteiger partial charge is 0.257 e. The van der Waals surface area contributed by atoms with E-state index in [9.17, 15) is 0 Å². The molecule has 0 fully saturated rings. The molecular formula is C42H41BN2O. The molecule has 2 aliphatic rings. The largest absolute Gasteiger partial charge is 0.440 e. The topological polar surface area (TPSA) is 19.6 Å². The number of aryl methyl sites for hydroxylation is 6. The van der Waals surface area contributed by atoms with Crippen molar-refractivity contribution in [3.63, 3.8) is 0 Å². The molecule has 2 aliphatic heterocycles. The summed E-state index contributed by atoms with van der Waals surface area (Å²) in [6.07, 6.45) is 0. The first-order valence-electron chi connectivity index (χ1n) is 20.2. The normalized spacial score (nSPS) is 17.3. The SMILES string of the molecule is [2H]C([2H])([2H])c1cc2c3c(c1)N(c1ccc(C([2H])([2H])[2H])c(C([2H])([2H])[2H])c1)c1oc4ccc(C)cc4c1B3c1cc(C(C)(C)C)ccc1N2c1ccc(C)c(C)c1. The molecule has 8 rings (SSSR count). The van der Waals surface area contributed by atoms with Crippen LogP contribution >= 0.6 is 0 Å². The van der Waals surface area contributed by atoms with Crippen molar-refractivity contribution in [2.45, 2.75) is 67.5 Å². The lowest BCUT2D eigenvalue weighted by atomic mass is 9.33. The third-order valence-corrected chi connectivity index (χ3v) is 9.72. The van der Waals surface area contributed by atoms with Crippen molar-refractivity contribution in [2.75, 3.05) is 9.80 Å². The molecule has 3 heterocycles. The minimum absolute atomic E-state index is 0.0964. The summed E-state index contributed by atoms with van der Waals surface area (Å²) in [7, 11) is 0. The van der Waals surface area contributed by atoms with Crippen molar-refractivity contribution in [2.24, 2.45) is 0 Å². The Morgan fingerprint density at radius 1 is 0.609 bits per heavy atom. The molecule has 0 aliphatic carbocycles. The maximum absolute atomic E-state index is 8.68. The van der Waals surface area contributed by atoms with Crippen LogP contribution in [0.2, 0.25) is 0 Å². The molecule has 0 unspecified atom stereocenters. The van der Waals surface area contributed by atoms with E-state index in [4.69, 9.17) is 16.8 Å². The van der Waals surface area contributed by atoms with Crippen LogP contribution in [0, 0.1) is 41.3 Å². The van der Waals surface area contributed by atoms with Crippen molar-refractivity contribution in [3.05, 3.63) is 124 Å². The van der Waals surface area contributed by atoms with Gasteiger partial charge in [-0.2, -0.15) is 0 Å². The summed E-state index contributed by atoms with van der Waals surface area (Å²) < 4.78 is 82.5. The number of hydrogen-bond donors (Lipinski definition) is 0. The molecule has 1 aromatic heterocycles. The van der Waals surface area contributed by atoms with Crippen LogP contribution in [0.25, 0.3) is 11.0 Å². The van der Waals surface area contributed by atoms with Gasteiger partial charge in [-0.1, -0.05) is 56.7 Å². The van der Waals surface area contributed by atoms with Gasteiger partial charge >= 0.3 is 0 Å². The molecule has 0 bridgehead atoms. The molecule has 0 saturated carbocycles. The minimum Gasteiger partial charge on any atom is -0.440 e. The van der Waals surface area contributed by atoms with E-state index >= 15 is 0 Å². The van der Waals surface area contributed by atoms with Crippen LogP contribution in [0.15, 0.2) is 89.3 Å². The van der Waals surface area contributed by atoms with Crippen molar-refractivity contribution >= 4 is 68.4 Å². The summed E-state index contributed by atoms with van der Waals surface area (Å²) in [5, 5.41) is 0.878. The molecule has 0 spiro atoms. The third kappa shape index (κ3) is 4.19. The van der Waals surface area contributed by atoms with E-state index in [1.165, 1.54) is 12.1 Å². The lowest BCUT2D eigenvalue weighted by Gasteiger charge is -2.43. The van der Waals surface area contributed by atoms with Gasteiger partial charge in [-0.05, 0) is 146 Å². The number of fused-ring (bicyclic) bond motifs is 6. The van der Waals surface area contributed by atoms with Crippen LogP contribution in [-0.2, 0) is 5.41 Å². The van der Waals surface area contributed by atoms with Gasteiger partial charge in [0, 0.05) is 51.6 Å². The Labute approximate surface area is 286 Å². The molecule has 46 heavy (non-hydrogen) atoms. The molecule has 0 radical (unpaired) electrons. The molecule has 0 N–H and O–H groups in total. The Hall–Kier alpha value is -4.70. The highest BCUT2D eigenvalue weighted by atomic mass is 16.4. The van der Waals surface area contributed by atoms with Gasteiger partial charge in [-0.15, -0.1) is 0 Å². The summed E-state index contributed by atoms with van der Waals surface area (Å²) in [5.74, 6) is 0.414. The first-order valence-corrected chi connectivity index (χ1v) is 15.7. The second kappa shape index (κ2) is 9.90. The van der Waals surface area contributed by atoms with E-state index in [0.29, 0.717) is 28.5 Å². The Bertz CT molecular complexity index is 2560. The zero-order valence-corrected chi connectivity index (χ0v) is 27.0. The van der Waals surface area contributed by atoms with Crippen molar-refractivity contribution in [1.82, 2.24) is 0 Å². The zero-order chi connectivity index (χ0) is 39.7. The van der Waals surface area contributed by atoms with Crippen LogP contribution in [0.1, 0.15) is 72.1 Å². The fourth-order valence-corrected chi connectivity index (χ4v) is 7.17. The number of rotatable bonds is 2. The molecule has 5 aromatic carbocycles. The fraction of sp³-hybridized carbons (Fsp3) is 0.238. The van der Waals surface area contributed by atoms with E-state index < -0.39 is 27.3 Å². The summed E-state index contributed by atoms with van der Waals surface area (Å²) in [6.45, 7) is 4.31. The van der Waals surface area contributed by atoms with Gasteiger partial charge in [0.15, 0.2) is 0 Å². The molecule has 0 saturated heterocycles. The Morgan fingerprint density at radius 3 is 2.04 bits per heavy atom. The van der Waals surface area contributed by atoms with Gasteiger partial charge in [-0.25, -0.2) is 0 Å². The van der Waals surface area contributed by atoms with Crippen LogP contribution < -0.4 is 26.2 Å². The number of hydrogen-bond acceptors (Lipinski definition) is 3. The monoisotopic (exact) mass is 609 g/mol. The van der Waals surface area contributed by atoms with Crippen LogP contribution in [0.3, 0.4) is 0 Å². The van der Waals surface area contributed by atoms with Gasteiger partial charge in [-0.3, -0.25) is 4.90 Å².